The first-order valence-electron chi connectivity index (χ1n) is 6.12. The van der Waals surface area contributed by atoms with E-state index in [0.717, 1.165) is 19.4 Å². The minimum Gasteiger partial charge on any atom is -0.388 e. The van der Waals surface area contributed by atoms with Crippen molar-refractivity contribution in [3.8, 4) is 0 Å². The van der Waals surface area contributed by atoms with E-state index < -0.39 is 5.60 Å². The van der Waals surface area contributed by atoms with Crippen molar-refractivity contribution in [2.24, 2.45) is 0 Å². The van der Waals surface area contributed by atoms with Crippen molar-refractivity contribution in [1.29, 1.82) is 0 Å². The Morgan fingerprint density at radius 3 is 2.76 bits per heavy atom. The topological polar surface area (TPSA) is 75.9 Å². The van der Waals surface area contributed by atoms with Crippen molar-refractivity contribution in [3.63, 3.8) is 0 Å². The van der Waals surface area contributed by atoms with E-state index in [0.29, 0.717) is 18.8 Å². The molecule has 0 radical (unpaired) electrons. The second kappa shape index (κ2) is 4.34. The van der Waals surface area contributed by atoms with Crippen molar-refractivity contribution in [3.05, 3.63) is 5.82 Å². The Labute approximate surface area is 101 Å². The lowest BCUT2D eigenvalue weighted by Gasteiger charge is -2.31. The number of hydrogen-bond acceptors (Lipinski definition) is 5. The quantitative estimate of drug-likeness (QED) is 0.764. The monoisotopic (exact) mass is 239 g/mol. The van der Waals surface area contributed by atoms with Gasteiger partial charge in [0.1, 0.15) is 0 Å². The van der Waals surface area contributed by atoms with Gasteiger partial charge in [-0.2, -0.15) is 4.80 Å². The van der Waals surface area contributed by atoms with Crippen molar-refractivity contribution < 1.29 is 5.11 Å². The molecule has 1 atom stereocenters. The maximum atomic E-state index is 10.4. The molecule has 1 aliphatic rings. The predicted octanol–water partition coefficient (Wildman–Crippen LogP) is 0.0851. The molecular weight excluding hydrogens is 218 g/mol. The van der Waals surface area contributed by atoms with Crippen LogP contribution in [-0.4, -0.2) is 44.0 Å². The summed E-state index contributed by atoms with van der Waals surface area (Å²) in [5, 5.41) is 25.9. The number of tetrazole rings is 1. The van der Waals surface area contributed by atoms with Gasteiger partial charge < -0.3 is 10.4 Å². The van der Waals surface area contributed by atoms with E-state index in [1.807, 2.05) is 20.8 Å². The lowest BCUT2D eigenvalue weighted by molar-refractivity contribution is 0.0150. The van der Waals surface area contributed by atoms with Gasteiger partial charge in [-0.3, -0.25) is 0 Å². The van der Waals surface area contributed by atoms with Gasteiger partial charge in [0.05, 0.1) is 11.1 Å². The van der Waals surface area contributed by atoms with E-state index >= 15 is 0 Å². The lowest BCUT2D eigenvalue weighted by Crippen LogP contribution is -2.47. The average molecular weight is 239 g/mol. The molecule has 2 N–H and O–H groups in total. The first-order valence-corrected chi connectivity index (χ1v) is 6.12. The summed E-state index contributed by atoms with van der Waals surface area (Å²) in [6, 6.07) is 0. The van der Waals surface area contributed by atoms with Crippen molar-refractivity contribution in [2.75, 3.05) is 13.1 Å². The molecule has 6 heteroatoms. The van der Waals surface area contributed by atoms with Crippen LogP contribution in [0.5, 0.6) is 0 Å². The van der Waals surface area contributed by atoms with Gasteiger partial charge in [0.15, 0.2) is 5.82 Å². The fourth-order valence-corrected chi connectivity index (χ4v) is 2.00. The number of β-amino-alcohol motifs (C(OH)–C–C–N with tert-alkyl or cyclic N) is 1. The van der Waals surface area contributed by atoms with E-state index in [1.165, 1.54) is 0 Å². The summed E-state index contributed by atoms with van der Waals surface area (Å²) in [6.45, 7) is 7.65. The van der Waals surface area contributed by atoms with Gasteiger partial charge in [-0.05, 0) is 45.4 Å². The molecule has 0 aliphatic carbocycles. The Bertz CT molecular complexity index is 375. The molecule has 0 aromatic carbocycles. The number of piperidine rings is 1. The molecule has 0 amide bonds. The molecule has 17 heavy (non-hydrogen) atoms. The first-order chi connectivity index (χ1) is 7.89. The minimum atomic E-state index is -0.718. The number of nitrogens with zero attached hydrogens (tertiary/aromatic N) is 4. The fraction of sp³-hybridized carbons (Fsp3) is 0.909. The zero-order valence-electron chi connectivity index (χ0n) is 10.8. The lowest BCUT2D eigenvalue weighted by atomic mass is 9.90. The second-order valence-corrected chi connectivity index (χ2v) is 5.85. The molecule has 1 aromatic rings. The van der Waals surface area contributed by atoms with Crippen LogP contribution >= 0.6 is 0 Å². The van der Waals surface area contributed by atoms with Crippen LogP contribution in [0.25, 0.3) is 0 Å². The number of nitrogens with one attached hydrogen (secondary N) is 1. The third-order valence-electron chi connectivity index (χ3n) is 2.99. The van der Waals surface area contributed by atoms with Gasteiger partial charge >= 0.3 is 0 Å². The van der Waals surface area contributed by atoms with E-state index in [9.17, 15) is 5.11 Å². The number of rotatable bonds is 2. The summed E-state index contributed by atoms with van der Waals surface area (Å²) < 4.78 is 0. The normalized spacial score (nSPS) is 26.1. The Balaban J connectivity index is 2.06. The summed E-state index contributed by atoms with van der Waals surface area (Å²) >= 11 is 0. The van der Waals surface area contributed by atoms with Crippen molar-refractivity contribution >= 4 is 0 Å². The standard InChI is InChI=1S/C11H21N5O/c1-10(2,3)16-14-9(13-15-16)7-11(17)5-4-6-12-8-11/h12,17H,4-8H2,1-3H3. The van der Waals surface area contributed by atoms with Crippen LogP contribution in [0, 0.1) is 0 Å². The van der Waals surface area contributed by atoms with Crippen LogP contribution < -0.4 is 5.32 Å². The maximum absolute atomic E-state index is 10.4. The molecule has 2 rings (SSSR count). The zero-order valence-corrected chi connectivity index (χ0v) is 10.8. The Kier molecular flexibility index (Phi) is 3.18. The second-order valence-electron chi connectivity index (χ2n) is 5.85. The Morgan fingerprint density at radius 2 is 2.24 bits per heavy atom. The third-order valence-corrected chi connectivity index (χ3v) is 2.99. The van der Waals surface area contributed by atoms with Gasteiger partial charge in [-0.1, -0.05) is 0 Å². The molecule has 96 valence electrons. The molecule has 6 nitrogen and oxygen atoms in total. The summed E-state index contributed by atoms with van der Waals surface area (Å²) in [7, 11) is 0. The van der Waals surface area contributed by atoms with Gasteiger partial charge in [-0.15, -0.1) is 10.2 Å². The predicted molar refractivity (Wildman–Crippen MR) is 63.6 cm³/mol. The highest BCUT2D eigenvalue weighted by molar-refractivity contribution is 4.95. The minimum absolute atomic E-state index is 0.168. The van der Waals surface area contributed by atoms with Crippen LogP contribution in [0.15, 0.2) is 0 Å². The van der Waals surface area contributed by atoms with E-state index in [1.54, 1.807) is 4.80 Å². The van der Waals surface area contributed by atoms with E-state index in [4.69, 9.17) is 0 Å². The molecular formula is C11H21N5O. The van der Waals surface area contributed by atoms with Crippen LogP contribution in [0.3, 0.4) is 0 Å². The highest BCUT2D eigenvalue weighted by Gasteiger charge is 2.31. The molecule has 2 heterocycles. The largest absolute Gasteiger partial charge is 0.388 e. The summed E-state index contributed by atoms with van der Waals surface area (Å²) in [5.74, 6) is 0.617. The summed E-state index contributed by atoms with van der Waals surface area (Å²) in [5.41, 5.74) is -0.886. The fourth-order valence-electron chi connectivity index (χ4n) is 2.00. The molecule has 1 saturated heterocycles. The van der Waals surface area contributed by atoms with E-state index in [2.05, 4.69) is 20.7 Å². The van der Waals surface area contributed by atoms with Crippen LogP contribution in [-0.2, 0) is 12.0 Å². The van der Waals surface area contributed by atoms with Crippen LogP contribution in [0.1, 0.15) is 39.4 Å². The number of aliphatic hydroxyl groups is 1. The molecule has 0 saturated carbocycles. The molecule has 0 bridgehead atoms. The van der Waals surface area contributed by atoms with Gasteiger partial charge in [0.25, 0.3) is 0 Å². The molecule has 1 aliphatic heterocycles. The van der Waals surface area contributed by atoms with Gasteiger partial charge in [-0.25, -0.2) is 0 Å². The number of aromatic nitrogens is 4. The number of hydrogen-bond donors (Lipinski definition) is 2. The van der Waals surface area contributed by atoms with Crippen LogP contribution in [0.2, 0.25) is 0 Å². The molecule has 1 aromatic heterocycles. The summed E-state index contributed by atoms with van der Waals surface area (Å²) in [4.78, 5) is 1.60. The van der Waals surface area contributed by atoms with E-state index in [-0.39, 0.29) is 5.54 Å². The Morgan fingerprint density at radius 1 is 1.47 bits per heavy atom. The average Bonchev–Trinajstić information content (AvgIpc) is 2.66. The van der Waals surface area contributed by atoms with Crippen molar-refractivity contribution in [2.45, 2.75) is 51.2 Å². The maximum Gasteiger partial charge on any atom is 0.177 e. The van der Waals surface area contributed by atoms with Gasteiger partial charge in [0.2, 0.25) is 0 Å². The molecule has 1 fully saturated rings. The SMILES string of the molecule is CC(C)(C)n1nnc(CC2(O)CCCNC2)n1. The highest BCUT2D eigenvalue weighted by Crippen LogP contribution is 2.20. The smallest absolute Gasteiger partial charge is 0.177 e. The zero-order chi connectivity index (χ0) is 12.5. The van der Waals surface area contributed by atoms with Crippen LogP contribution in [0.4, 0.5) is 0 Å². The van der Waals surface area contributed by atoms with Gasteiger partial charge in [0, 0.05) is 13.0 Å². The van der Waals surface area contributed by atoms with Crippen molar-refractivity contribution in [1.82, 2.24) is 25.5 Å². The summed E-state index contributed by atoms with van der Waals surface area (Å²) in [6.07, 6.45) is 2.25. The molecule has 1 unspecified atom stereocenters. The third kappa shape index (κ3) is 3.01. The molecule has 0 spiro atoms. The highest BCUT2D eigenvalue weighted by atomic mass is 16.3. The Hall–Kier alpha value is -1.01. The first kappa shape index (κ1) is 12.4.